The van der Waals surface area contributed by atoms with E-state index in [1.807, 2.05) is 17.5 Å². The van der Waals surface area contributed by atoms with Crippen LogP contribution in [0.1, 0.15) is 11.3 Å². The van der Waals surface area contributed by atoms with E-state index in [-0.39, 0.29) is 11.8 Å². The third-order valence-electron chi connectivity index (χ3n) is 4.50. The smallest absolute Gasteiger partial charge is 0.405 e. The van der Waals surface area contributed by atoms with E-state index in [1.165, 1.54) is 4.90 Å². The maximum absolute atomic E-state index is 13.0. The average Bonchev–Trinajstić information content (AvgIpc) is 3.23. The second-order valence-electron chi connectivity index (χ2n) is 6.06. The monoisotopic (exact) mass is 367 g/mol. The van der Waals surface area contributed by atoms with Crippen molar-refractivity contribution in [2.75, 3.05) is 32.8 Å². The lowest BCUT2D eigenvalue weighted by atomic mass is 10.1. The molecule has 2 aliphatic rings. The van der Waals surface area contributed by atoms with Gasteiger partial charge in [0.1, 0.15) is 12.1 Å². The second kappa shape index (κ2) is 7.83. The summed E-state index contributed by atoms with van der Waals surface area (Å²) in [6.07, 6.45) is -0.406. The van der Waals surface area contributed by atoms with Gasteiger partial charge in [0.2, 0.25) is 11.8 Å². The Hall–Kier alpha value is -2.13. The Morgan fingerprint density at radius 1 is 1.36 bits per heavy atom. The molecular weight excluding hydrogens is 346 g/mol. The highest BCUT2D eigenvalue weighted by Gasteiger charge is 2.41. The van der Waals surface area contributed by atoms with Crippen LogP contribution in [-0.4, -0.2) is 77.7 Å². The van der Waals surface area contributed by atoms with Crippen molar-refractivity contribution in [1.29, 1.82) is 0 Å². The molecule has 136 valence electrons. The van der Waals surface area contributed by atoms with E-state index < -0.39 is 18.2 Å². The molecule has 9 heteroatoms. The van der Waals surface area contributed by atoms with E-state index in [0.717, 1.165) is 4.88 Å². The van der Waals surface area contributed by atoms with Gasteiger partial charge in [-0.05, 0) is 17.9 Å². The molecule has 1 aromatic rings. The highest BCUT2D eigenvalue weighted by molar-refractivity contribution is 7.09. The number of carboxylic acid groups (broad SMARTS) is 1. The highest BCUT2D eigenvalue weighted by Crippen LogP contribution is 2.22. The van der Waals surface area contributed by atoms with Crippen molar-refractivity contribution in [3.05, 3.63) is 22.4 Å². The molecule has 3 amide bonds. The van der Waals surface area contributed by atoms with Crippen molar-refractivity contribution in [2.24, 2.45) is 0 Å². The van der Waals surface area contributed by atoms with E-state index in [4.69, 9.17) is 9.84 Å². The van der Waals surface area contributed by atoms with Crippen LogP contribution < -0.4 is 5.32 Å². The van der Waals surface area contributed by atoms with Gasteiger partial charge in [0, 0.05) is 30.9 Å². The molecule has 0 aromatic carbocycles. The van der Waals surface area contributed by atoms with Crippen LogP contribution in [0.25, 0.3) is 0 Å². The van der Waals surface area contributed by atoms with Crippen LogP contribution in [0.2, 0.25) is 0 Å². The zero-order chi connectivity index (χ0) is 17.8. The zero-order valence-electron chi connectivity index (χ0n) is 13.7. The Labute approximate surface area is 149 Å². The predicted octanol–water partition coefficient (Wildman–Crippen LogP) is 0.386. The summed E-state index contributed by atoms with van der Waals surface area (Å²) in [6, 6.07) is 2.47. The van der Waals surface area contributed by atoms with E-state index in [1.54, 1.807) is 16.2 Å². The second-order valence-corrected chi connectivity index (χ2v) is 7.09. The summed E-state index contributed by atoms with van der Waals surface area (Å²) in [4.78, 5) is 40.8. The van der Waals surface area contributed by atoms with Crippen molar-refractivity contribution in [3.8, 4) is 0 Å². The standard InChI is InChI=1S/C16H21N3O5S/c20-14-12(17-16(22)23)3-4-19(14)13(10-11-2-1-9-25-11)15(21)18-5-7-24-8-6-18/h1-2,9,12-13,17H,3-8,10H2,(H,22,23)/t12-,13-/m0/s1. The number of nitrogens with one attached hydrogen (secondary N) is 1. The number of amides is 3. The molecular formula is C16H21N3O5S. The van der Waals surface area contributed by atoms with Crippen LogP contribution in [-0.2, 0) is 20.7 Å². The summed E-state index contributed by atoms with van der Waals surface area (Å²) < 4.78 is 5.30. The van der Waals surface area contributed by atoms with Gasteiger partial charge in [-0.1, -0.05) is 6.07 Å². The number of morpholine rings is 1. The number of nitrogens with zero attached hydrogens (tertiary/aromatic N) is 2. The van der Waals surface area contributed by atoms with E-state index >= 15 is 0 Å². The first-order valence-electron chi connectivity index (χ1n) is 8.25. The molecule has 2 N–H and O–H groups in total. The fourth-order valence-electron chi connectivity index (χ4n) is 3.24. The van der Waals surface area contributed by atoms with Crippen molar-refractivity contribution in [2.45, 2.75) is 24.9 Å². The first kappa shape index (κ1) is 17.7. The van der Waals surface area contributed by atoms with Gasteiger partial charge in [0.15, 0.2) is 0 Å². The number of rotatable bonds is 5. The van der Waals surface area contributed by atoms with Crippen LogP contribution in [0.15, 0.2) is 17.5 Å². The summed E-state index contributed by atoms with van der Waals surface area (Å²) in [6.45, 7) is 2.39. The van der Waals surface area contributed by atoms with Crippen LogP contribution in [0, 0.1) is 0 Å². The lowest BCUT2D eigenvalue weighted by molar-refractivity contribution is -0.146. The van der Waals surface area contributed by atoms with Crippen LogP contribution in [0.4, 0.5) is 4.79 Å². The fourth-order valence-corrected chi connectivity index (χ4v) is 3.98. The lowest BCUT2D eigenvalue weighted by Gasteiger charge is -2.34. The molecule has 0 spiro atoms. The Bertz CT molecular complexity index is 630. The van der Waals surface area contributed by atoms with E-state index in [9.17, 15) is 14.4 Å². The summed E-state index contributed by atoms with van der Waals surface area (Å²) in [7, 11) is 0. The maximum Gasteiger partial charge on any atom is 0.405 e. The molecule has 3 heterocycles. The number of thiophene rings is 1. The minimum absolute atomic E-state index is 0.0963. The molecule has 2 saturated heterocycles. The molecule has 8 nitrogen and oxygen atoms in total. The topological polar surface area (TPSA) is 99.2 Å². The number of carbonyl (C=O) groups is 3. The van der Waals surface area contributed by atoms with Gasteiger partial charge in [0.05, 0.1) is 13.2 Å². The SMILES string of the molecule is O=C(O)N[C@H]1CCN([C@@H](Cc2cccs2)C(=O)N2CCOCC2)C1=O. The quantitative estimate of drug-likeness (QED) is 0.784. The minimum Gasteiger partial charge on any atom is -0.465 e. The number of likely N-dealkylation sites (tertiary alicyclic amines) is 1. The number of carbonyl (C=O) groups excluding carboxylic acids is 2. The van der Waals surface area contributed by atoms with Gasteiger partial charge in [-0.2, -0.15) is 0 Å². The van der Waals surface area contributed by atoms with Crippen molar-refractivity contribution in [3.63, 3.8) is 0 Å². The largest absolute Gasteiger partial charge is 0.465 e. The summed E-state index contributed by atoms with van der Waals surface area (Å²) in [5, 5.41) is 13.0. The molecule has 0 saturated carbocycles. The van der Waals surface area contributed by atoms with Crippen molar-refractivity contribution in [1.82, 2.24) is 15.1 Å². The van der Waals surface area contributed by atoms with E-state index in [0.29, 0.717) is 45.7 Å². The van der Waals surface area contributed by atoms with Gasteiger partial charge < -0.3 is 25.0 Å². The Balaban J connectivity index is 1.77. The van der Waals surface area contributed by atoms with Gasteiger partial charge in [-0.25, -0.2) is 4.79 Å². The molecule has 25 heavy (non-hydrogen) atoms. The van der Waals surface area contributed by atoms with Gasteiger partial charge >= 0.3 is 6.09 Å². The molecule has 0 aliphatic carbocycles. The molecule has 3 rings (SSSR count). The zero-order valence-corrected chi connectivity index (χ0v) is 14.5. The lowest BCUT2D eigenvalue weighted by Crippen LogP contribution is -2.54. The number of hydrogen-bond acceptors (Lipinski definition) is 5. The van der Waals surface area contributed by atoms with Crippen LogP contribution in [0.3, 0.4) is 0 Å². The van der Waals surface area contributed by atoms with Crippen LogP contribution in [0.5, 0.6) is 0 Å². The molecule has 0 bridgehead atoms. The summed E-state index contributed by atoms with van der Waals surface area (Å²) in [5.74, 6) is -0.424. The first-order chi connectivity index (χ1) is 12.1. The maximum atomic E-state index is 13.0. The Kier molecular flexibility index (Phi) is 5.54. The number of ether oxygens (including phenoxy) is 1. The molecule has 2 aliphatic heterocycles. The van der Waals surface area contributed by atoms with Gasteiger partial charge in [-0.3, -0.25) is 9.59 Å². The normalized spacial score (nSPS) is 22.1. The Morgan fingerprint density at radius 2 is 2.12 bits per heavy atom. The average molecular weight is 367 g/mol. The van der Waals surface area contributed by atoms with Crippen LogP contribution >= 0.6 is 11.3 Å². The van der Waals surface area contributed by atoms with Gasteiger partial charge in [-0.15, -0.1) is 11.3 Å². The molecule has 2 atom stereocenters. The highest BCUT2D eigenvalue weighted by atomic mass is 32.1. The fraction of sp³-hybridized carbons (Fsp3) is 0.562. The molecule has 2 fully saturated rings. The first-order valence-corrected chi connectivity index (χ1v) is 9.13. The minimum atomic E-state index is -1.23. The Morgan fingerprint density at radius 3 is 2.76 bits per heavy atom. The summed E-state index contributed by atoms with van der Waals surface area (Å²) in [5.41, 5.74) is 0. The summed E-state index contributed by atoms with van der Waals surface area (Å²) >= 11 is 1.54. The van der Waals surface area contributed by atoms with Crippen molar-refractivity contribution < 1.29 is 24.2 Å². The van der Waals surface area contributed by atoms with Gasteiger partial charge in [0.25, 0.3) is 0 Å². The number of hydrogen-bond donors (Lipinski definition) is 2. The molecule has 1 aromatic heterocycles. The van der Waals surface area contributed by atoms with E-state index in [2.05, 4.69) is 5.32 Å². The third kappa shape index (κ3) is 4.10. The molecule has 0 unspecified atom stereocenters. The molecule has 0 radical (unpaired) electrons. The third-order valence-corrected chi connectivity index (χ3v) is 5.39. The predicted molar refractivity (Wildman–Crippen MR) is 90.5 cm³/mol. The van der Waals surface area contributed by atoms with Crippen molar-refractivity contribution >= 4 is 29.2 Å².